The van der Waals surface area contributed by atoms with Crippen molar-refractivity contribution in [2.24, 2.45) is 0 Å². The maximum Gasteiger partial charge on any atom is 0.387 e. The fraction of sp³-hybridized carbons (Fsp3) is 0.200. The number of ether oxygens (including phenoxy) is 2. The molecule has 24 heavy (non-hydrogen) atoms. The van der Waals surface area contributed by atoms with Gasteiger partial charge in [0.25, 0.3) is 5.91 Å². The number of rotatable bonds is 6. The Morgan fingerprint density at radius 2 is 1.92 bits per heavy atom. The van der Waals surface area contributed by atoms with Gasteiger partial charge >= 0.3 is 12.6 Å². The molecule has 6 nitrogen and oxygen atoms in total. The molecule has 0 unspecified atom stereocenters. The van der Waals surface area contributed by atoms with Crippen LogP contribution in [0.5, 0.6) is 5.75 Å². The predicted molar refractivity (Wildman–Crippen MR) is 82.4 cm³/mol. The van der Waals surface area contributed by atoms with E-state index in [2.05, 4.69) is 15.0 Å². The van der Waals surface area contributed by atoms with Crippen molar-refractivity contribution in [2.45, 2.75) is 19.6 Å². The predicted octanol–water partition coefficient (Wildman–Crippen LogP) is 3.45. The van der Waals surface area contributed by atoms with Gasteiger partial charge in [0, 0.05) is 11.9 Å². The summed E-state index contributed by atoms with van der Waals surface area (Å²) >= 11 is 5.68. The van der Waals surface area contributed by atoms with E-state index in [9.17, 15) is 18.4 Å². The fourth-order valence-electron chi connectivity index (χ4n) is 1.73. The van der Waals surface area contributed by atoms with Crippen LogP contribution in [-0.4, -0.2) is 29.6 Å². The summed E-state index contributed by atoms with van der Waals surface area (Å²) in [6.07, 6.45) is 0.336. The largest absolute Gasteiger partial charge is 0.448 e. The van der Waals surface area contributed by atoms with Gasteiger partial charge in [-0.05, 0) is 37.3 Å². The number of halogens is 3. The fourth-order valence-corrected chi connectivity index (χ4v) is 1.89. The van der Waals surface area contributed by atoms with Crippen LogP contribution in [0.15, 0.2) is 36.5 Å². The molecule has 128 valence electrons. The lowest BCUT2D eigenvalue weighted by Gasteiger charge is -2.13. The average molecular weight is 359 g/mol. The second-order valence-electron chi connectivity index (χ2n) is 4.67. The number of H-pyrrole nitrogens is 1. The molecule has 0 bridgehead atoms. The summed E-state index contributed by atoms with van der Waals surface area (Å²) in [4.78, 5) is 26.4. The lowest BCUT2D eigenvalue weighted by Crippen LogP contribution is -2.30. The van der Waals surface area contributed by atoms with Crippen LogP contribution >= 0.6 is 11.6 Å². The second-order valence-corrected chi connectivity index (χ2v) is 5.11. The SMILES string of the molecule is C[C@H](OC(=O)c1cc(Cl)c[nH]1)C(=O)Nc1ccc(OC(F)F)cc1. The zero-order valence-corrected chi connectivity index (χ0v) is 13.1. The molecule has 2 rings (SSSR count). The normalized spacial score (nSPS) is 11.9. The highest BCUT2D eigenvalue weighted by molar-refractivity contribution is 6.30. The number of alkyl halides is 2. The van der Waals surface area contributed by atoms with Crippen molar-refractivity contribution in [3.63, 3.8) is 0 Å². The molecule has 1 amide bonds. The van der Waals surface area contributed by atoms with E-state index in [1.54, 1.807) is 0 Å². The second kappa shape index (κ2) is 7.78. The molecular formula is C15H13ClF2N2O4. The van der Waals surface area contributed by atoms with Gasteiger partial charge in [-0.15, -0.1) is 0 Å². The van der Waals surface area contributed by atoms with Crippen molar-refractivity contribution in [3.05, 3.63) is 47.2 Å². The van der Waals surface area contributed by atoms with Crippen molar-refractivity contribution in [2.75, 3.05) is 5.32 Å². The van der Waals surface area contributed by atoms with E-state index in [0.29, 0.717) is 10.7 Å². The van der Waals surface area contributed by atoms with E-state index in [0.717, 1.165) is 0 Å². The summed E-state index contributed by atoms with van der Waals surface area (Å²) in [5.41, 5.74) is 0.459. The van der Waals surface area contributed by atoms with E-state index < -0.39 is 24.6 Å². The summed E-state index contributed by atoms with van der Waals surface area (Å²) in [7, 11) is 0. The van der Waals surface area contributed by atoms with E-state index in [-0.39, 0.29) is 11.4 Å². The molecule has 1 heterocycles. The van der Waals surface area contributed by atoms with Crippen LogP contribution in [0.1, 0.15) is 17.4 Å². The summed E-state index contributed by atoms with van der Waals surface area (Å²) in [5, 5.41) is 2.83. The first kappa shape index (κ1) is 17.7. The smallest absolute Gasteiger partial charge is 0.387 e. The molecule has 2 N–H and O–H groups in total. The highest BCUT2D eigenvalue weighted by Gasteiger charge is 2.20. The quantitative estimate of drug-likeness (QED) is 0.775. The molecule has 1 aromatic heterocycles. The number of nitrogens with one attached hydrogen (secondary N) is 2. The summed E-state index contributed by atoms with van der Waals surface area (Å²) in [6.45, 7) is -1.53. The lowest BCUT2D eigenvalue weighted by molar-refractivity contribution is -0.123. The standard InChI is InChI=1S/C15H13ClF2N2O4/c1-8(23-14(22)12-6-9(16)7-19-12)13(21)20-10-2-4-11(5-3-10)24-15(17)18/h2-8,15,19H,1H3,(H,20,21)/t8-/m0/s1. The molecule has 9 heteroatoms. The van der Waals surface area contributed by atoms with Crippen LogP contribution in [-0.2, 0) is 9.53 Å². The molecule has 0 saturated heterocycles. The first-order valence-electron chi connectivity index (χ1n) is 6.76. The highest BCUT2D eigenvalue weighted by atomic mass is 35.5. The maximum atomic E-state index is 12.0. The maximum absolute atomic E-state index is 12.0. The molecular weight excluding hydrogens is 346 g/mol. The van der Waals surface area contributed by atoms with Gasteiger partial charge < -0.3 is 19.8 Å². The van der Waals surface area contributed by atoms with Crippen LogP contribution in [0.25, 0.3) is 0 Å². The molecule has 1 aromatic carbocycles. The third-order valence-electron chi connectivity index (χ3n) is 2.87. The number of carbonyl (C=O) groups excluding carboxylic acids is 2. The van der Waals surface area contributed by atoms with Gasteiger partial charge in [-0.1, -0.05) is 11.6 Å². The van der Waals surface area contributed by atoms with E-state index in [4.69, 9.17) is 16.3 Å². The Morgan fingerprint density at radius 3 is 2.46 bits per heavy atom. The first-order chi connectivity index (χ1) is 11.3. The third kappa shape index (κ3) is 4.95. The molecule has 0 aliphatic heterocycles. The molecule has 0 spiro atoms. The Morgan fingerprint density at radius 1 is 1.25 bits per heavy atom. The zero-order chi connectivity index (χ0) is 17.7. The molecule has 0 fully saturated rings. The van der Waals surface area contributed by atoms with Crippen molar-refractivity contribution in [1.82, 2.24) is 4.98 Å². The number of amides is 1. The van der Waals surface area contributed by atoms with E-state index >= 15 is 0 Å². The van der Waals surface area contributed by atoms with Crippen LogP contribution in [0.4, 0.5) is 14.5 Å². The van der Waals surface area contributed by atoms with Gasteiger partial charge in [-0.3, -0.25) is 4.79 Å². The van der Waals surface area contributed by atoms with Crippen LogP contribution in [0.3, 0.4) is 0 Å². The number of benzene rings is 1. The van der Waals surface area contributed by atoms with Crippen molar-refractivity contribution < 1.29 is 27.8 Å². The molecule has 0 saturated carbocycles. The Labute approximate surface area is 140 Å². The monoisotopic (exact) mass is 358 g/mol. The van der Waals surface area contributed by atoms with Gasteiger partial charge in [0.2, 0.25) is 0 Å². The molecule has 2 aromatic rings. The number of hydrogen-bond acceptors (Lipinski definition) is 4. The zero-order valence-electron chi connectivity index (χ0n) is 12.4. The minimum Gasteiger partial charge on any atom is -0.448 e. The van der Waals surface area contributed by atoms with Crippen LogP contribution in [0.2, 0.25) is 5.02 Å². The molecule has 1 atom stereocenters. The van der Waals surface area contributed by atoms with E-state index in [1.807, 2.05) is 0 Å². The Balaban J connectivity index is 1.90. The lowest BCUT2D eigenvalue weighted by atomic mass is 10.3. The number of carbonyl (C=O) groups is 2. The van der Waals surface area contributed by atoms with Crippen LogP contribution in [0, 0.1) is 0 Å². The summed E-state index contributed by atoms with van der Waals surface area (Å²) < 4.78 is 33.3. The molecule has 0 radical (unpaired) electrons. The van der Waals surface area contributed by atoms with E-state index in [1.165, 1.54) is 43.5 Å². The number of anilines is 1. The summed E-state index contributed by atoms with van der Waals surface area (Å²) in [6, 6.07) is 6.69. The van der Waals surface area contributed by atoms with Crippen LogP contribution < -0.4 is 10.1 Å². The van der Waals surface area contributed by atoms with Gasteiger partial charge in [0.1, 0.15) is 11.4 Å². The first-order valence-corrected chi connectivity index (χ1v) is 7.13. The topological polar surface area (TPSA) is 80.4 Å². The number of aromatic nitrogens is 1. The molecule has 0 aliphatic carbocycles. The number of hydrogen-bond donors (Lipinski definition) is 2. The summed E-state index contributed by atoms with van der Waals surface area (Å²) in [5.74, 6) is -1.35. The molecule has 0 aliphatic rings. The van der Waals surface area contributed by atoms with Crippen molar-refractivity contribution >= 4 is 29.2 Å². The Kier molecular flexibility index (Phi) is 5.75. The Hall–Kier alpha value is -2.61. The average Bonchev–Trinajstić information content (AvgIpc) is 2.95. The number of aromatic amines is 1. The number of esters is 1. The third-order valence-corrected chi connectivity index (χ3v) is 3.09. The van der Waals surface area contributed by atoms with Crippen molar-refractivity contribution in [3.8, 4) is 5.75 Å². The van der Waals surface area contributed by atoms with Gasteiger partial charge in [-0.2, -0.15) is 8.78 Å². The van der Waals surface area contributed by atoms with Gasteiger partial charge in [-0.25, -0.2) is 4.79 Å². The highest BCUT2D eigenvalue weighted by Crippen LogP contribution is 2.18. The minimum absolute atomic E-state index is 0.0360. The minimum atomic E-state index is -2.92. The van der Waals surface area contributed by atoms with Crippen molar-refractivity contribution in [1.29, 1.82) is 0 Å². The Bertz CT molecular complexity index is 719. The van der Waals surface area contributed by atoms with Gasteiger partial charge in [0.15, 0.2) is 6.10 Å². The van der Waals surface area contributed by atoms with Gasteiger partial charge in [0.05, 0.1) is 5.02 Å².